The number of amides is 2. The number of nitrogens with zero attached hydrogens (tertiary/aromatic N) is 2. The van der Waals surface area contributed by atoms with Crippen molar-refractivity contribution in [2.24, 2.45) is 0 Å². The Kier molecular flexibility index (Phi) is 10.8. The number of methoxy groups -OCH3 is 1. The molecule has 41 heavy (non-hydrogen) atoms. The van der Waals surface area contributed by atoms with Crippen LogP contribution in [0.3, 0.4) is 0 Å². The fourth-order valence-corrected chi connectivity index (χ4v) is 5.61. The fraction of sp³-hybridized carbons (Fsp3) is 0.355. The quantitative estimate of drug-likeness (QED) is 0.318. The van der Waals surface area contributed by atoms with Gasteiger partial charge in [0.05, 0.1) is 24.3 Å². The monoisotopic (exact) mass is 581 g/mol. The summed E-state index contributed by atoms with van der Waals surface area (Å²) in [4.78, 5) is 28.4. The van der Waals surface area contributed by atoms with Crippen molar-refractivity contribution in [3.63, 3.8) is 0 Å². The van der Waals surface area contributed by atoms with Gasteiger partial charge in [-0.05, 0) is 88.7 Å². The maximum Gasteiger partial charge on any atom is 0.264 e. The van der Waals surface area contributed by atoms with E-state index in [0.29, 0.717) is 23.8 Å². The molecule has 9 nitrogen and oxygen atoms in total. The lowest BCUT2D eigenvalue weighted by molar-refractivity contribution is -0.139. The first-order valence-corrected chi connectivity index (χ1v) is 14.9. The summed E-state index contributed by atoms with van der Waals surface area (Å²) in [7, 11) is -2.62. The van der Waals surface area contributed by atoms with Crippen LogP contribution in [0.5, 0.6) is 11.5 Å². The molecular weight excluding hydrogens is 542 g/mol. The molecule has 0 aromatic heterocycles. The summed E-state index contributed by atoms with van der Waals surface area (Å²) in [5.74, 6) is 0.272. The normalized spacial score (nSPS) is 12.0. The van der Waals surface area contributed by atoms with Crippen LogP contribution in [-0.4, -0.2) is 57.5 Å². The number of aryl methyl sites for hydroxylation is 1. The minimum Gasteiger partial charge on any atom is -0.497 e. The molecule has 220 valence electrons. The molecule has 3 rings (SSSR count). The van der Waals surface area contributed by atoms with Crippen molar-refractivity contribution < 1.29 is 27.5 Å². The molecule has 10 heteroatoms. The van der Waals surface area contributed by atoms with E-state index in [1.165, 1.54) is 17.0 Å². The van der Waals surface area contributed by atoms with Crippen LogP contribution in [-0.2, 0) is 26.2 Å². The highest BCUT2D eigenvalue weighted by Gasteiger charge is 2.32. The summed E-state index contributed by atoms with van der Waals surface area (Å²) in [6.07, 6.45) is 0. The highest BCUT2D eigenvalue weighted by atomic mass is 32.2. The van der Waals surface area contributed by atoms with Gasteiger partial charge in [-0.25, -0.2) is 8.42 Å². The summed E-state index contributed by atoms with van der Waals surface area (Å²) in [6, 6.07) is 19.2. The van der Waals surface area contributed by atoms with Crippen LogP contribution in [0.25, 0.3) is 0 Å². The van der Waals surface area contributed by atoms with Crippen molar-refractivity contribution >= 4 is 27.5 Å². The molecule has 0 saturated heterocycles. The maximum absolute atomic E-state index is 14.0. The minimum absolute atomic E-state index is 0.0132. The zero-order valence-electron chi connectivity index (χ0n) is 24.5. The first-order valence-electron chi connectivity index (χ1n) is 13.5. The molecule has 3 aromatic rings. The number of sulfonamides is 1. The molecule has 0 aliphatic heterocycles. The number of carbonyl (C=O) groups is 2. The van der Waals surface area contributed by atoms with Crippen LogP contribution in [0.1, 0.15) is 38.8 Å². The van der Waals surface area contributed by atoms with Gasteiger partial charge in [-0.2, -0.15) is 0 Å². The number of hydrogen-bond acceptors (Lipinski definition) is 6. The standard InChI is InChI=1S/C31H39N3O6S/c1-7-40-27-15-17-29(18-16-27)41(37,38)34(26-13-11-23(4)12-14-26)21-30(35)33(24(5)31(36)32-22(2)3)20-25-9-8-10-28(19-25)39-6/h8-19,22,24H,7,20-21H2,1-6H3,(H,32,36). The van der Waals surface area contributed by atoms with Crippen molar-refractivity contribution in [1.82, 2.24) is 10.2 Å². The van der Waals surface area contributed by atoms with Crippen molar-refractivity contribution in [1.29, 1.82) is 0 Å². The van der Waals surface area contributed by atoms with Crippen molar-refractivity contribution in [2.75, 3.05) is 24.6 Å². The van der Waals surface area contributed by atoms with Gasteiger partial charge in [0.2, 0.25) is 11.8 Å². The maximum atomic E-state index is 14.0. The Morgan fingerprint density at radius 2 is 1.59 bits per heavy atom. The lowest BCUT2D eigenvalue weighted by atomic mass is 10.1. The third-order valence-electron chi connectivity index (χ3n) is 6.41. The molecule has 2 amide bonds. The largest absolute Gasteiger partial charge is 0.497 e. The zero-order valence-corrected chi connectivity index (χ0v) is 25.3. The molecule has 0 saturated carbocycles. The number of nitrogens with one attached hydrogen (secondary N) is 1. The molecule has 0 heterocycles. The van der Waals surface area contributed by atoms with Gasteiger partial charge >= 0.3 is 0 Å². The van der Waals surface area contributed by atoms with Crippen LogP contribution < -0.4 is 19.1 Å². The number of ether oxygens (including phenoxy) is 2. The number of carbonyl (C=O) groups excluding carboxylic acids is 2. The summed E-state index contributed by atoms with van der Waals surface area (Å²) < 4.78 is 39.8. The molecule has 0 aliphatic rings. The Hall–Kier alpha value is -4.05. The average molecular weight is 582 g/mol. The van der Waals surface area contributed by atoms with Crippen LogP contribution in [0.4, 0.5) is 5.69 Å². The van der Waals surface area contributed by atoms with E-state index in [-0.39, 0.29) is 23.4 Å². The molecule has 1 N–H and O–H groups in total. The predicted molar refractivity (Wildman–Crippen MR) is 160 cm³/mol. The Bertz CT molecular complexity index is 1420. The first-order chi connectivity index (χ1) is 19.5. The minimum atomic E-state index is -4.17. The molecule has 0 bridgehead atoms. The molecular formula is C31H39N3O6S. The van der Waals surface area contributed by atoms with E-state index in [9.17, 15) is 18.0 Å². The lowest BCUT2D eigenvalue weighted by Gasteiger charge is -2.32. The van der Waals surface area contributed by atoms with Gasteiger partial charge in [0.25, 0.3) is 10.0 Å². The van der Waals surface area contributed by atoms with Crippen LogP contribution in [0.15, 0.2) is 77.7 Å². The van der Waals surface area contributed by atoms with E-state index in [4.69, 9.17) is 9.47 Å². The predicted octanol–water partition coefficient (Wildman–Crippen LogP) is 4.54. The zero-order chi connectivity index (χ0) is 30.2. The molecule has 3 aromatic carbocycles. The molecule has 1 atom stereocenters. The average Bonchev–Trinajstić information content (AvgIpc) is 2.95. The highest BCUT2D eigenvalue weighted by Crippen LogP contribution is 2.26. The van der Waals surface area contributed by atoms with E-state index in [2.05, 4.69) is 5.32 Å². The van der Waals surface area contributed by atoms with Crippen molar-refractivity contribution in [2.45, 2.75) is 58.1 Å². The van der Waals surface area contributed by atoms with Gasteiger partial charge in [0.1, 0.15) is 24.1 Å². The van der Waals surface area contributed by atoms with Crippen molar-refractivity contribution in [3.8, 4) is 11.5 Å². The Balaban J connectivity index is 2.02. The van der Waals surface area contributed by atoms with Crippen LogP contribution in [0, 0.1) is 6.92 Å². The smallest absolute Gasteiger partial charge is 0.264 e. The van der Waals surface area contributed by atoms with Gasteiger partial charge in [-0.3, -0.25) is 13.9 Å². The number of hydrogen-bond donors (Lipinski definition) is 1. The second-order valence-electron chi connectivity index (χ2n) is 9.96. The molecule has 0 radical (unpaired) electrons. The topological polar surface area (TPSA) is 105 Å². The van der Waals surface area contributed by atoms with E-state index in [1.807, 2.05) is 33.8 Å². The summed E-state index contributed by atoms with van der Waals surface area (Å²) in [6.45, 7) is 9.05. The SMILES string of the molecule is CCOc1ccc(S(=O)(=O)N(CC(=O)N(Cc2cccc(OC)c2)C(C)C(=O)NC(C)C)c2ccc(C)cc2)cc1. The Morgan fingerprint density at radius 1 is 0.927 bits per heavy atom. The number of benzene rings is 3. The molecule has 0 spiro atoms. The Labute approximate surface area is 243 Å². The van der Waals surface area contributed by atoms with E-state index in [1.54, 1.807) is 68.6 Å². The molecule has 0 aliphatic carbocycles. The number of anilines is 1. The highest BCUT2D eigenvalue weighted by molar-refractivity contribution is 7.92. The lowest BCUT2D eigenvalue weighted by Crippen LogP contribution is -2.52. The third kappa shape index (κ3) is 8.23. The molecule has 0 fully saturated rings. The van der Waals surface area contributed by atoms with Crippen molar-refractivity contribution in [3.05, 3.63) is 83.9 Å². The fourth-order valence-electron chi connectivity index (χ4n) is 4.20. The van der Waals surface area contributed by atoms with Crippen LogP contribution in [0.2, 0.25) is 0 Å². The van der Waals surface area contributed by atoms with E-state index in [0.717, 1.165) is 15.4 Å². The molecule has 1 unspecified atom stereocenters. The van der Waals surface area contributed by atoms with Gasteiger partial charge in [0.15, 0.2) is 0 Å². The number of rotatable bonds is 13. The van der Waals surface area contributed by atoms with E-state index < -0.39 is 28.5 Å². The summed E-state index contributed by atoms with van der Waals surface area (Å²) >= 11 is 0. The van der Waals surface area contributed by atoms with Gasteiger partial charge in [-0.15, -0.1) is 0 Å². The van der Waals surface area contributed by atoms with Gasteiger partial charge in [0, 0.05) is 12.6 Å². The summed E-state index contributed by atoms with van der Waals surface area (Å²) in [5.41, 5.74) is 2.01. The second-order valence-corrected chi connectivity index (χ2v) is 11.8. The second kappa shape index (κ2) is 14.0. The third-order valence-corrected chi connectivity index (χ3v) is 8.20. The summed E-state index contributed by atoms with van der Waals surface area (Å²) in [5, 5.41) is 2.85. The van der Waals surface area contributed by atoms with Crippen LogP contribution >= 0.6 is 0 Å². The van der Waals surface area contributed by atoms with E-state index >= 15 is 0 Å². The first kappa shape index (κ1) is 31.5. The Morgan fingerprint density at radius 3 is 2.17 bits per heavy atom. The van der Waals surface area contributed by atoms with Gasteiger partial charge in [-0.1, -0.05) is 29.8 Å². The van der Waals surface area contributed by atoms with Gasteiger partial charge < -0.3 is 19.7 Å².